The van der Waals surface area contributed by atoms with Crippen LogP contribution in [0.25, 0.3) is 0 Å². The molecule has 0 bridgehead atoms. The van der Waals surface area contributed by atoms with E-state index in [1.54, 1.807) is 13.0 Å². The van der Waals surface area contributed by atoms with E-state index in [4.69, 9.17) is 6.42 Å². The van der Waals surface area contributed by atoms with Crippen LogP contribution in [0, 0.1) is 12.3 Å². The largest absolute Gasteiger partial charge is 0.310 e. The van der Waals surface area contributed by atoms with Crippen LogP contribution in [-0.2, 0) is 16.6 Å². The van der Waals surface area contributed by atoms with E-state index in [9.17, 15) is 8.42 Å². The second kappa shape index (κ2) is 6.06. The Labute approximate surface area is 118 Å². The molecule has 0 radical (unpaired) electrons. The van der Waals surface area contributed by atoms with Gasteiger partial charge in [0.05, 0.1) is 6.54 Å². The van der Waals surface area contributed by atoms with Gasteiger partial charge in [-0.25, -0.2) is 8.42 Å². The summed E-state index contributed by atoms with van der Waals surface area (Å²) in [5.41, 5.74) is 1.02. The van der Waals surface area contributed by atoms with Gasteiger partial charge in [0.1, 0.15) is 4.21 Å². The molecule has 0 amide bonds. The zero-order valence-corrected chi connectivity index (χ0v) is 12.6. The minimum atomic E-state index is -3.43. The molecular formula is C13H18N2O2S2. The normalized spacial score (nSPS) is 15.6. The van der Waals surface area contributed by atoms with Crippen molar-refractivity contribution < 1.29 is 8.42 Å². The van der Waals surface area contributed by atoms with E-state index < -0.39 is 10.0 Å². The van der Waals surface area contributed by atoms with Crippen LogP contribution in [0.15, 0.2) is 15.7 Å². The Balaban J connectivity index is 2.08. The van der Waals surface area contributed by atoms with Crippen molar-refractivity contribution in [2.24, 2.45) is 0 Å². The molecule has 0 aromatic carbocycles. The molecule has 1 aromatic heterocycles. The van der Waals surface area contributed by atoms with Gasteiger partial charge in [-0.2, -0.15) is 4.31 Å². The zero-order chi connectivity index (χ0) is 13.9. The van der Waals surface area contributed by atoms with Crippen LogP contribution in [0.5, 0.6) is 0 Å². The molecule has 6 heteroatoms. The van der Waals surface area contributed by atoms with Gasteiger partial charge in [0.25, 0.3) is 10.0 Å². The number of nitrogens with zero attached hydrogens (tertiary/aromatic N) is 1. The lowest BCUT2D eigenvalue weighted by Crippen LogP contribution is -2.30. The van der Waals surface area contributed by atoms with E-state index in [1.165, 1.54) is 28.5 Å². The predicted molar refractivity (Wildman–Crippen MR) is 77.4 cm³/mol. The summed E-state index contributed by atoms with van der Waals surface area (Å²) in [7, 11) is -3.43. The molecule has 0 atom stereocenters. The van der Waals surface area contributed by atoms with Gasteiger partial charge in [-0.15, -0.1) is 17.8 Å². The number of hydrogen-bond donors (Lipinski definition) is 1. The van der Waals surface area contributed by atoms with Crippen LogP contribution in [0.4, 0.5) is 0 Å². The van der Waals surface area contributed by atoms with E-state index in [0.717, 1.165) is 12.1 Å². The molecule has 104 valence electrons. The molecule has 1 fully saturated rings. The van der Waals surface area contributed by atoms with Crippen LogP contribution in [0.3, 0.4) is 0 Å². The number of thiophene rings is 1. The van der Waals surface area contributed by atoms with Crippen LogP contribution in [0.1, 0.15) is 25.3 Å². The summed E-state index contributed by atoms with van der Waals surface area (Å²) in [6.07, 6.45) is 7.66. The van der Waals surface area contributed by atoms with Crippen molar-refractivity contribution in [1.29, 1.82) is 0 Å². The van der Waals surface area contributed by atoms with Gasteiger partial charge in [0.15, 0.2) is 0 Å². The van der Waals surface area contributed by atoms with Crippen molar-refractivity contribution in [2.45, 2.75) is 36.6 Å². The van der Waals surface area contributed by atoms with E-state index in [1.807, 2.05) is 5.38 Å². The molecule has 0 spiro atoms. The van der Waals surface area contributed by atoms with E-state index in [0.29, 0.717) is 16.8 Å². The highest BCUT2D eigenvalue weighted by Gasteiger charge is 2.25. The van der Waals surface area contributed by atoms with Crippen molar-refractivity contribution >= 4 is 21.4 Å². The Morgan fingerprint density at radius 2 is 2.32 bits per heavy atom. The predicted octanol–water partition coefficient (Wildman–Crippen LogP) is 1.64. The third-order valence-electron chi connectivity index (χ3n) is 3.02. The highest BCUT2D eigenvalue weighted by molar-refractivity contribution is 7.91. The van der Waals surface area contributed by atoms with Crippen molar-refractivity contribution in [3.05, 3.63) is 17.0 Å². The fraction of sp³-hybridized carbons (Fsp3) is 0.538. The average Bonchev–Trinajstić information content (AvgIpc) is 3.09. The Morgan fingerprint density at radius 3 is 2.89 bits per heavy atom. The number of terminal acetylenes is 1. The summed E-state index contributed by atoms with van der Waals surface area (Å²) >= 11 is 1.26. The van der Waals surface area contributed by atoms with Gasteiger partial charge >= 0.3 is 0 Å². The van der Waals surface area contributed by atoms with Crippen LogP contribution in [-0.4, -0.2) is 31.9 Å². The summed E-state index contributed by atoms with van der Waals surface area (Å²) in [6.45, 7) is 3.03. The molecule has 1 aliphatic carbocycles. The monoisotopic (exact) mass is 298 g/mol. The molecule has 0 aliphatic heterocycles. The van der Waals surface area contributed by atoms with Gasteiger partial charge in [0, 0.05) is 19.1 Å². The van der Waals surface area contributed by atoms with Crippen molar-refractivity contribution in [2.75, 3.05) is 13.1 Å². The summed E-state index contributed by atoms with van der Waals surface area (Å²) in [5.74, 6) is 2.39. The first kappa shape index (κ1) is 14.5. The minimum absolute atomic E-state index is 0.117. The Bertz CT molecular complexity index is 568. The second-order valence-electron chi connectivity index (χ2n) is 4.56. The Morgan fingerprint density at radius 1 is 1.58 bits per heavy atom. The lowest BCUT2D eigenvalue weighted by Gasteiger charge is -2.16. The van der Waals surface area contributed by atoms with E-state index in [2.05, 4.69) is 11.2 Å². The maximum Gasteiger partial charge on any atom is 0.253 e. The van der Waals surface area contributed by atoms with E-state index >= 15 is 0 Å². The molecule has 1 aromatic rings. The smallest absolute Gasteiger partial charge is 0.253 e. The van der Waals surface area contributed by atoms with Crippen LogP contribution >= 0.6 is 11.3 Å². The number of hydrogen-bond acceptors (Lipinski definition) is 4. The Hall–Kier alpha value is -0.870. The number of sulfonamides is 1. The Kier molecular flexibility index (Phi) is 4.63. The van der Waals surface area contributed by atoms with Crippen LogP contribution < -0.4 is 5.32 Å². The maximum atomic E-state index is 12.3. The molecule has 2 rings (SSSR count). The fourth-order valence-corrected chi connectivity index (χ4v) is 4.45. The molecule has 1 aliphatic rings. The summed E-state index contributed by atoms with van der Waals surface area (Å²) in [6, 6.07) is 2.36. The van der Waals surface area contributed by atoms with Gasteiger partial charge in [-0.3, -0.25) is 0 Å². The molecule has 19 heavy (non-hydrogen) atoms. The minimum Gasteiger partial charge on any atom is -0.310 e. The van der Waals surface area contributed by atoms with Crippen molar-refractivity contribution in [3.63, 3.8) is 0 Å². The quantitative estimate of drug-likeness (QED) is 0.779. The molecular weight excluding hydrogens is 280 g/mol. The van der Waals surface area contributed by atoms with Crippen LogP contribution in [0.2, 0.25) is 0 Å². The first-order valence-electron chi connectivity index (χ1n) is 6.32. The number of rotatable bonds is 7. The molecule has 1 heterocycles. The maximum absolute atomic E-state index is 12.3. The topological polar surface area (TPSA) is 49.4 Å². The fourth-order valence-electron chi connectivity index (χ4n) is 1.73. The summed E-state index contributed by atoms with van der Waals surface area (Å²) < 4.78 is 26.4. The van der Waals surface area contributed by atoms with Gasteiger partial charge in [-0.05, 0) is 29.9 Å². The molecule has 0 unspecified atom stereocenters. The molecule has 1 saturated carbocycles. The first-order chi connectivity index (χ1) is 9.07. The number of nitrogens with one attached hydrogen (secondary N) is 1. The average molecular weight is 298 g/mol. The summed E-state index contributed by atoms with van der Waals surface area (Å²) in [4.78, 5) is 0. The molecule has 1 N–H and O–H groups in total. The van der Waals surface area contributed by atoms with Gasteiger partial charge in [-0.1, -0.05) is 12.8 Å². The highest BCUT2D eigenvalue weighted by Crippen LogP contribution is 2.25. The first-order valence-corrected chi connectivity index (χ1v) is 8.64. The standard InChI is InChI=1S/C13H18N2O2S2/c1-3-7-15(4-2)19(16,17)13-8-11(10-18-13)9-14-12-5-6-12/h1,8,10,12,14H,4-7,9H2,2H3. The molecule has 0 saturated heterocycles. The third kappa shape index (κ3) is 3.57. The second-order valence-corrected chi connectivity index (χ2v) is 7.64. The molecule has 4 nitrogen and oxygen atoms in total. The van der Waals surface area contributed by atoms with E-state index in [-0.39, 0.29) is 6.54 Å². The highest BCUT2D eigenvalue weighted by atomic mass is 32.2. The lowest BCUT2D eigenvalue weighted by molar-refractivity contribution is 0.466. The summed E-state index contributed by atoms with van der Waals surface area (Å²) in [5, 5.41) is 5.27. The third-order valence-corrected chi connectivity index (χ3v) is 6.40. The lowest BCUT2D eigenvalue weighted by atomic mass is 10.3. The van der Waals surface area contributed by atoms with Gasteiger partial charge < -0.3 is 5.32 Å². The SMILES string of the molecule is C#CCN(CC)S(=O)(=O)c1cc(CNC2CC2)cs1. The van der Waals surface area contributed by atoms with Crippen molar-refractivity contribution in [1.82, 2.24) is 9.62 Å². The van der Waals surface area contributed by atoms with Crippen molar-refractivity contribution in [3.8, 4) is 12.3 Å². The zero-order valence-electron chi connectivity index (χ0n) is 10.9. The van der Waals surface area contributed by atoms with Gasteiger partial charge in [0.2, 0.25) is 0 Å².